The number of carbonyl (C=O) groups excluding carboxylic acids is 2. The van der Waals surface area contributed by atoms with Crippen molar-refractivity contribution < 1.29 is 27.7 Å². The number of benzene rings is 2. The molecule has 136 valence electrons. The summed E-state index contributed by atoms with van der Waals surface area (Å²) in [5, 5.41) is 12.5. The topological polar surface area (TPSA) is 89.3 Å². The number of nitrogens with zero attached hydrogens (tertiary/aromatic N) is 1. The Bertz CT molecular complexity index is 884. The minimum atomic E-state index is -4.70. The van der Waals surface area contributed by atoms with E-state index in [0.29, 0.717) is 0 Å². The molecular weight excluding hydrogens is 377 g/mol. The lowest BCUT2D eigenvalue weighted by atomic mass is 10.1. The zero-order valence-electron chi connectivity index (χ0n) is 12.8. The molecule has 2 aromatic rings. The Hall–Kier alpha value is -2.94. The van der Waals surface area contributed by atoms with Gasteiger partial charge in [-0.25, -0.2) is 0 Å². The third-order valence-electron chi connectivity index (χ3n) is 3.28. The highest BCUT2D eigenvalue weighted by molar-refractivity contribution is 6.34. The molecule has 0 saturated carbocycles. The van der Waals surface area contributed by atoms with E-state index < -0.39 is 40.5 Å². The van der Waals surface area contributed by atoms with Gasteiger partial charge in [0.25, 0.3) is 12.5 Å². The molecule has 2 aromatic carbocycles. The number of nitro groups is 1. The van der Waals surface area contributed by atoms with Crippen LogP contribution in [-0.4, -0.2) is 23.2 Å². The average Bonchev–Trinajstić information content (AvgIpc) is 2.53. The van der Waals surface area contributed by atoms with E-state index in [1.54, 1.807) is 0 Å². The van der Waals surface area contributed by atoms with Crippen molar-refractivity contribution in [3.63, 3.8) is 0 Å². The molecule has 0 aromatic heterocycles. The summed E-state index contributed by atoms with van der Waals surface area (Å²) in [6.45, 7) is -0.954. The van der Waals surface area contributed by atoms with Crippen LogP contribution in [0.4, 0.5) is 18.9 Å². The predicted octanol–water partition coefficient (Wildman–Crippen LogP) is 4.07. The first-order valence-corrected chi connectivity index (χ1v) is 7.39. The molecule has 0 heterocycles. The van der Waals surface area contributed by atoms with E-state index in [1.807, 2.05) is 0 Å². The van der Waals surface area contributed by atoms with E-state index in [0.717, 1.165) is 30.3 Å². The van der Waals surface area contributed by atoms with Crippen LogP contribution in [0.25, 0.3) is 0 Å². The summed E-state index contributed by atoms with van der Waals surface area (Å²) in [5.74, 6) is -1.85. The summed E-state index contributed by atoms with van der Waals surface area (Å²) in [6, 6.07) is 7.74. The van der Waals surface area contributed by atoms with Crippen molar-refractivity contribution in [3.8, 4) is 0 Å². The molecule has 2 rings (SSSR count). The highest BCUT2D eigenvalue weighted by atomic mass is 35.5. The van der Waals surface area contributed by atoms with Gasteiger partial charge in [0.15, 0.2) is 0 Å². The van der Waals surface area contributed by atoms with Crippen LogP contribution in [0, 0.1) is 10.1 Å². The van der Waals surface area contributed by atoms with Crippen LogP contribution in [0.3, 0.4) is 0 Å². The number of amides is 1. The fraction of sp³-hybridized carbons (Fsp3) is 0.125. The summed E-state index contributed by atoms with van der Waals surface area (Å²) in [5.41, 5.74) is -1.77. The lowest BCUT2D eigenvalue weighted by Crippen LogP contribution is -2.19. The smallest absolute Gasteiger partial charge is 0.322 e. The quantitative estimate of drug-likeness (QED) is 0.476. The third-order valence-corrected chi connectivity index (χ3v) is 3.59. The molecule has 0 radical (unpaired) electrons. The van der Waals surface area contributed by atoms with Gasteiger partial charge in [-0.2, -0.15) is 13.2 Å². The van der Waals surface area contributed by atoms with Gasteiger partial charge in [0.2, 0.25) is 5.78 Å². The Morgan fingerprint density at radius 2 is 1.77 bits per heavy atom. The SMILES string of the molecule is O=C(C[N+](=O)[O-])c1ccc(NC(=O)c2ccccc2C(F)(F)F)cc1Cl. The fourth-order valence-corrected chi connectivity index (χ4v) is 2.43. The molecule has 0 aliphatic rings. The Labute approximate surface area is 149 Å². The van der Waals surface area contributed by atoms with Crippen LogP contribution in [0.2, 0.25) is 5.02 Å². The van der Waals surface area contributed by atoms with Crippen molar-refractivity contribution in [1.82, 2.24) is 0 Å². The number of ketones is 1. The number of nitrogens with one attached hydrogen (secondary N) is 1. The maximum Gasteiger partial charge on any atom is 0.417 e. The molecule has 0 aliphatic carbocycles. The van der Waals surface area contributed by atoms with Crippen molar-refractivity contribution in [1.29, 1.82) is 0 Å². The minimum absolute atomic E-state index is 0.0367. The maximum absolute atomic E-state index is 13.0. The van der Waals surface area contributed by atoms with Gasteiger partial charge in [0.1, 0.15) is 0 Å². The van der Waals surface area contributed by atoms with Gasteiger partial charge in [-0.15, -0.1) is 0 Å². The molecule has 0 aliphatic heterocycles. The van der Waals surface area contributed by atoms with Crippen LogP contribution in [0.1, 0.15) is 26.3 Å². The molecule has 0 fully saturated rings. The van der Waals surface area contributed by atoms with E-state index in [2.05, 4.69) is 5.32 Å². The first-order chi connectivity index (χ1) is 12.1. The van der Waals surface area contributed by atoms with Gasteiger partial charge in [0, 0.05) is 16.2 Å². The van der Waals surface area contributed by atoms with E-state index in [4.69, 9.17) is 11.6 Å². The van der Waals surface area contributed by atoms with Crippen molar-refractivity contribution in [2.75, 3.05) is 11.9 Å². The summed E-state index contributed by atoms with van der Waals surface area (Å²) >= 11 is 5.87. The lowest BCUT2D eigenvalue weighted by molar-refractivity contribution is -0.465. The van der Waals surface area contributed by atoms with Crippen molar-refractivity contribution in [2.24, 2.45) is 0 Å². The summed E-state index contributed by atoms with van der Waals surface area (Å²) in [6.07, 6.45) is -4.70. The normalized spacial score (nSPS) is 11.1. The zero-order chi connectivity index (χ0) is 19.5. The molecular formula is C16H10ClF3N2O4. The lowest BCUT2D eigenvalue weighted by Gasteiger charge is -2.13. The largest absolute Gasteiger partial charge is 0.417 e. The first-order valence-electron chi connectivity index (χ1n) is 7.01. The van der Waals surface area contributed by atoms with E-state index in [9.17, 15) is 32.9 Å². The standard InChI is InChI=1S/C16H10ClF3N2O4/c17-13-7-9(5-6-11(13)14(23)8-22(25)26)21-15(24)10-3-1-2-4-12(10)16(18,19)20/h1-7H,8H2,(H,21,24). The van der Waals surface area contributed by atoms with Crippen molar-refractivity contribution in [3.05, 3.63) is 74.3 Å². The molecule has 0 unspecified atom stereocenters. The zero-order valence-corrected chi connectivity index (χ0v) is 13.6. The predicted molar refractivity (Wildman–Crippen MR) is 87.0 cm³/mol. The number of carbonyl (C=O) groups is 2. The molecule has 6 nitrogen and oxygen atoms in total. The number of hydrogen-bond acceptors (Lipinski definition) is 4. The van der Waals surface area contributed by atoms with Gasteiger partial charge < -0.3 is 5.32 Å². The molecule has 1 N–H and O–H groups in total. The van der Waals surface area contributed by atoms with Crippen LogP contribution >= 0.6 is 11.6 Å². The third kappa shape index (κ3) is 4.57. The monoisotopic (exact) mass is 386 g/mol. The molecule has 0 atom stereocenters. The van der Waals surface area contributed by atoms with E-state index in [1.165, 1.54) is 12.1 Å². The molecule has 0 saturated heterocycles. The van der Waals surface area contributed by atoms with Crippen LogP contribution in [-0.2, 0) is 6.18 Å². The average molecular weight is 387 g/mol. The summed E-state index contributed by atoms with van der Waals surface area (Å²) < 4.78 is 38.9. The highest BCUT2D eigenvalue weighted by Gasteiger charge is 2.34. The van der Waals surface area contributed by atoms with Crippen molar-refractivity contribution >= 4 is 29.0 Å². The Morgan fingerprint density at radius 1 is 1.12 bits per heavy atom. The van der Waals surface area contributed by atoms with Gasteiger partial charge in [-0.1, -0.05) is 23.7 Å². The Kier molecular flexibility index (Phi) is 5.61. The number of anilines is 1. The molecule has 0 spiro atoms. The number of hydrogen-bond donors (Lipinski definition) is 1. The number of halogens is 4. The highest BCUT2D eigenvalue weighted by Crippen LogP contribution is 2.32. The Morgan fingerprint density at radius 3 is 2.35 bits per heavy atom. The number of Topliss-reactive ketones (excluding diaryl/α,β-unsaturated/α-hetero) is 1. The molecule has 10 heteroatoms. The minimum Gasteiger partial charge on any atom is -0.322 e. The molecule has 1 amide bonds. The Balaban J connectivity index is 2.25. The van der Waals surface area contributed by atoms with Gasteiger partial charge in [-0.05, 0) is 30.3 Å². The van der Waals surface area contributed by atoms with Gasteiger partial charge in [-0.3, -0.25) is 19.7 Å². The van der Waals surface area contributed by atoms with Crippen molar-refractivity contribution in [2.45, 2.75) is 6.18 Å². The fourth-order valence-electron chi connectivity index (χ4n) is 2.15. The van der Waals surface area contributed by atoms with E-state index in [-0.39, 0.29) is 16.3 Å². The van der Waals surface area contributed by atoms with Gasteiger partial charge >= 0.3 is 6.18 Å². The second-order valence-electron chi connectivity index (χ2n) is 5.11. The molecule has 0 bridgehead atoms. The second kappa shape index (κ2) is 7.52. The van der Waals surface area contributed by atoms with Crippen LogP contribution < -0.4 is 5.32 Å². The summed E-state index contributed by atoms with van der Waals surface area (Å²) in [7, 11) is 0. The maximum atomic E-state index is 13.0. The first kappa shape index (κ1) is 19.4. The number of alkyl halides is 3. The van der Waals surface area contributed by atoms with Crippen LogP contribution in [0.5, 0.6) is 0 Å². The van der Waals surface area contributed by atoms with Gasteiger partial charge in [0.05, 0.1) is 16.1 Å². The molecule has 26 heavy (non-hydrogen) atoms. The second-order valence-corrected chi connectivity index (χ2v) is 5.51. The van der Waals surface area contributed by atoms with Crippen LogP contribution in [0.15, 0.2) is 42.5 Å². The summed E-state index contributed by atoms with van der Waals surface area (Å²) in [4.78, 5) is 33.3. The van der Waals surface area contributed by atoms with E-state index >= 15 is 0 Å². The number of rotatable bonds is 5.